The molecule has 3 aromatic heterocycles. The molecule has 1 amide bonds. The lowest BCUT2D eigenvalue weighted by Gasteiger charge is -2.43. The molecular formula is C23H28F2N8O3S2. The Balaban J connectivity index is 1.36. The van der Waals surface area contributed by atoms with Gasteiger partial charge in [-0.05, 0) is 39.3 Å². The van der Waals surface area contributed by atoms with Gasteiger partial charge < -0.3 is 9.80 Å². The maximum atomic E-state index is 13.4. The number of pyridine rings is 1. The zero-order valence-corrected chi connectivity index (χ0v) is 22.6. The van der Waals surface area contributed by atoms with Gasteiger partial charge in [0, 0.05) is 44.5 Å². The zero-order valence-electron chi connectivity index (χ0n) is 21.0. The molecule has 0 spiro atoms. The van der Waals surface area contributed by atoms with E-state index in [2.05, 4.69) is 19.9 Å². The third-order valence-corrected chi connectivity index (χ3v) is 10.1. The van der Waals surface area contributed by atoms with Crippen LogP contribution in [-0.2, 0) is 14.8 Å². The van der Waals surface area contributed by atoms with Crippen molar-refractivity contribution in [2.45, 2.75) is 49.1 Å². The van der Waals surface area contributed by atoms with E-state index in [4.69, 9.17) is 0 Å². The van der Waals surface area contributed by atoms with E-state index in [-0.39, 0.29) is 27.7 Å². The normalized spacial score (nSPS) is 21.8. The number of carbonyl (C=O) groups is 1. The number of alkyl halides is 2. The largest absolute Gasteiger partial charge is 0.366 e. The van der Waals surface area contributed by atoms with Gasteiger partial charge in [-0.15, -0.1) is 10.2 Å². The Morgan fingerprint density at radius 1 is 1.18 bits per heavy atom. The summed E-state index contributed by atoms with van der Waals surface area (Å²) in [5.74, 6) is 0.363. The third-order valence-electron chi connectivity index (χ3n) is 7.61. The van der Waals surface area contributed by atoms with Crippen LogP contribution >= 0.6 is 11.3 Å². The van der Waals surface area contributed by atoms with Gasteiger partial charge in [0.05, 0.1) is 23.4 Å². The Hall–Kier alpha value is -2.75. The number of anilines is 1. The molecule has 15 heteroatoms. The molecule has 38 heavy (non-hydrogen) atoms. The number of nitrogens with zero attached hydrogens (tertiary/aromatic N) is 7. The van der Waals surface area contributed by atoms with Crippen LogP contribution in [0, 0.1) is 0 Å². The Kier molecular flexibility index (Phi) is 6.16. The highest BCUT2D eigenvalue weighted by Crippen LogP contribution is 2.37. The van der Waals surface area contributed by atoms with Gasteiger partial charge in [-0.1, -0.05) is 11.3 Å². The summed E-state index contributed by atoms with van der Waals surface area (Å²) in [6, 6.07) is 1.55. The molecule has 5 heterocycles. The SMILES string of the molecule is CN1CC[C@@H]1C(=O)N1CCN(c2cc(S(=O)(=O)NC3(C)CC3)cn3c(-c4nnc(C(F)F)s4)ncc23)CC1. The van der Waals surface area contributed by atoms with E-state index < -0.39 is 27.0 Å². The van der Waals surface area contributed by atoms with Crippen molar-refractivity contribution in [3.8, 4) is 10.8 Å². The minimum absolute atomic E-state index is 0.0422. The third kappa shape index (κ3) is 4.54. The topological polar surface area (TPSA) is 116 Å². The van der Waals surface area contributed by atoms with Crippen molar-refractivity contribution in [3.05, 3.63) is 23.5 Å². The van der Waals surface area contributed by atoms with Crippen molar-refractivity contribution in [2.75, 3.05) is 44.7 Å². The van der Waals surface area contributed by atoms with Gasteiger partial charge in [0.1, 0.15) is 4.90 Å². The Bertz CT molecular complexity index is 1500. The fourth-order valence-corrected chi connectivity index (χ4v) is 7.08. The summed E-state index contributed by atoms with van der Waals surface area (Å²) < 4.78 is 57.4. The minimum Gasteiger partial charge on any atom is -0.366 e. The number of halogens is 2. The number of imidazole rings is 1. The average molecular weight is 567 g/mol. The lowest BCUT2D eigenvalue weighted by molar-refractivity contribution is -0.140. The number of hydrogen-bond acceptors (Lipinski definition) is 9. The number of sulfonamides is 1. The van der Waals surface area contributed by atoms with Crippen LogP contribution in [0.2, 0.25) is 0 Å². The molecule has 11 nitrogen and oxygen atoms in total. The van der Waals surface area contributed by atoms with Crippen LogP contribution < -0.4 is 9.62 Å². The number of amides is 1. The molecule has 3 aromatic rings. The highest BCUT2D eigenvalue weighted by molar-refractivity contribution is 7.89. The van der Waals surface area contributed by atoms with Crippen molar-refractivity contribution in [3.63, 3.8) is 0 Å². The van der Waals surface area contributed by atoms with Gasteiger partial charge >= 0.3 is 0 Å². The predicted molar refractivity (Wildman–Crippen MR) is 137 cm³/mol. The predicted octanol–water partition coefficient (Wildman–Crippen LogP) is 1.97. The van der Waals surface area contributed by atoms with E-state index in [1.54, 1.807) is 16.7 Å². The first kappa shape index (κ1) is 25.5. The average Bonchev–Trinajstić information content (AvgIpc) is 3.25. The number of likely N-dealkylation sites (N-methyl/N-ethyl adjacent to an activating group) is 1. The van der Waals surface area contributed by atoms with E-state index in [0.717, 1.165) is 37.1 Å². The molecule has 1 saturated carbocycles. The van der Waals surface area contributed by atoms with Gasteiger partial charge in [0.15, 0.2) is 15.8 Å². The van der Waals surface area contributed by atoms with Crippen LogP contribution in [0.3, 0.4) is 0 Å². The molecule has 0 bridgehead atoms. The molecule has 0 radical (unpaired) electrons. The number of rotatable bonds is 7. The number of aromatic nitrogens is 4. The second kappa shape index (κ2) is 9.17. The van der Waals surface area contributed by atoms with Crippen LogP contribution in [0.5, 0.6) is 0 Å². The van der Waals surface area contributed by atoms with Crippen LogP contribution in [0.25, 0.3) is 16.3 Å². The summed E-state index contributed by atoms with van der Waals surface area (Å²) in [5.41, 5.74) is 0.778. The Morgan fingerprint density at radius 3 is 2.50 bits per heavy atom. The van der Waals surface area contributed by atoms with Gasteiger partial charge in [0.2, 0.25) is 15.9 Å². The monoisotopic (exact) mass is 566 g/mol. The van der Waals surface area contributed by atoms with Crippen LogP contribution in [-0.4, -0.2) is 95.1 Å². The maximum absolute atomic E-state index is 13.4. The van der Waals surface area contributed by atoms with Crippen LogP contribution in [0.15, 0.2) is 23.4 Å². The molecule has 3 fully saturated rings. The maximum Gasteiger partial charge on any atom is 0.291 e. The number of likely N-dealkylation sites (tertiary alicyclic amines) is 1. The number of carbonyl (C=O) groups excluding carboxylic acids is 1. The number of piperazine rings is 1. The molecule has 2 aliphatic heterocycles. The highest BCUT2D eigenvalue weighted by atomic mass is 32.2. The van der Waals surface area contributed by atoms with Gasteiger partial charge in [-0.3, -0.25) is 14.1 Å². The molecule has 3 aliphatic rings. The second-order valence-electron chi connectivity index (χ2n) is 10.4. The van der Waals surface area contributed by atoms with Crippen molar-refractivity contribution in [1.82, 2.24) is 34.1 Å². The summed E-state index contributed by atoms with van der Waals surface area (Å²) in [5, 5.41) is 7.18. The van der Waals surface area contributed by atoms with Gasteiger partial charge in [-0.2, -0.15) is 0 Å². The fraction of sp³-hybridized carbons (Fsp3) is 0.565. The molecule has 1 atom stereocenters. The Morgan fingerprint density at radius 2 is 1.92 bits per heavy atom. The van der Waals surface area contributed by atoms with E-state index in [1.165, 1.54) is 6.20 Å². The van der Waals surface area contributed by atoms with Crippen molar-refractivity contribution in [2.24, 2.45) is 0 Å². The summed E-state index contributed by atoms with van der Waals surface area (Å²) in [7, 11) is -1.93. The van der Waals surface area contributed by atoms with Crippen molar-refractivity contribution < 1.29 is 22.0 Å². The standard InChI is InChI=1S/C23H28F2N8O3S2/c1-23(4-5-23)29-38(35,36)14-11-16(31-7-9-32(10-8-31)22(34)15-3-6-30(15)2)17-12-26-19(33(17)13-14)21-28-27-20(37-21)18(24)25/h11-13,15,18,29H,3-10H2,1-2H3/t15-/m1/s1. The first-order valence-electron chi connectivity index (χ1n) is 12.5. The summed E-state index contributed by atoms with van der Waals surface area (Å²) in [4.78, 5) is 23.3. The molecule has 6 rings (SSSR count). The molecular weight excluding hydrogens is 538 g/mol. The minimum atomic E-state index is -3.88. The molecule has 0 aromatic carbocycles. The zero-order chi connectivity index (χ0) is 26.8. The molecule has 0 unspecified atom stereocenters. The first-order valence-corrected chi connectivity index (χ1v) is 14.8. The second-order valence-corrected chi connectivity index (χ2v) is 13.1. The van der Waals surface area contributed by atoms with Gasteiger partial charge in [-0.25, -0.2) is 26.9 Å². The smallest absolute Gasteiger partial charge is 0.291 e. The lowest BCUT2D eigenvalue weighted by atomic mass is 10.0. The van der Waals surface area contributed by atoms with E-state index in [0.29, 0.717) is 37.4 Å². The number of hydrogen-bond donors (Lipinski definition) is 1. The quantitative estimate of drug-likeness (QED) is 0.462. The van der Waals surface area contributed by atoms with Crippen molar-refractivity contribution >= 4 is 38.5 Å². The molecule has 2 saturated heterocycles. The summed E-state index contributed by atoms with van der Waals surface area (Å²) >= 11 is 0.720. The van der Waals surface area contributed by atoms with E-state index in [1.807, 2.05) is 28.7 Å². The van der Waals surface area contributed by atoms with Crippen LogP contribution in [0.1, 0.15) is 37.6 Å². The number of fused-ring (bicyclic) bond motifs is 1. The van der Waals surface area contributed by atoms with E-state index >= 15 is 0 Å². The molecule has 1 aliphatic carbocycles. The summed E-state index contributed by atoms with van der Waals surface area (Å²) in [6.45, 7) is 4.83. The Labute approximate surface area is 222 Å². The van der Waals surface area contributed by atoms with Crippen molar-refractivity contribution in [1.29, 1.82) is 0 Å². The highest BCUT2D eigenvalue weighted by Gasteiger charge is 2.42. The first-order chi connectivity index (χ1) is 18.0. The van der Waals surface area contributed by atoms with E-state index in [9.17, 15) is 22.0 Å². The molecule has 1 N–H and O–H groups in total. The lowest BCUT2D eigenvalue weighted by Crippen LogP contribution is -2.58. The van der Waals surface area contributed by atoms with Crippen LogP contribution in [0.4, 0.5) is 14.5 Å². The molecule has 204 valence electrons. The fourth-order valence-electron chi connectivity index (χ4n) is 4.91. The van der Waals surface area contributed by atoms with Gasteiger partial charge in [0.25, 0.3) is 6.43 Å². The summed E-state index contributed by atoms with van der Waals surface area (Å²) in [6.07, 6.45) is 2.64. The number of nitrogens with one attached hydrogen (secondary N) is 1.